The van der Waals surface area contributed by atoms with Crippen LogP contribution in [0.2, 0.25) is 0 Å². The maximum Gasteiger partial charge on any atom is 0.354 e. The Morgan fingerprint density at radius 1 is 0.660 bits per heavy atom. The molecule has 3 heterocycles. The van der Waals surface area contributed by atoms with Crippen molar-refractivity contribution in [2.45, 2.75) is 101 Å². The third kappa shape index (κ3) is 3.69. The molecule has 3 N–H and O–H groups in total. The fourth-order valence-corrected chi connectivity index (χ4v) is 12.6. The first-order valence-electron chi connectivity index (χ1n) is 19.4. The van der Waals surface area contributed by atoms with Gasteiger partial charge in [0.25, 0.3) is 0 Å². The largest absolute Gasteiger partial charge is 0.481 e. The van der Waals surface area contributed by atoms with Crippen LogP contribution in [-0.4, -0.2) is 54.4 Å². The topological polar surface area (TPSA) is 117 Å². The smallest absolute Gasteiger partial charge is 0.354 e. The number of nitrogens with zero attached hydrogens (tertiary/aromatic N) is 2. The fourth-order valence-electron chi connectivity index (χ4n) is 12.6. The van der Waals surface area contributed by atoms with Gasteiger partial charge in [0.05, 0.1) is 33.6 Å². The number of carboxylic acids is 1. The third-order valence-electron chi connectivity index (χ3n) is 15.4. The molecule has 4 aliphatic carbocycles. The summed E-state index contributed by atoms with van der Waals surface area (Å²) in [7, 11) is 0. The van der Waals surface area contributed by atoms with Crippen LogP contribution in [0.3, 0.4) is 0 Å². The van der Waals surface area contributed by atoms with Crippen molar-refractivity contribution in [1.82, 2.24) is 9.35 Å². The standard InChI is InChI=1S/C45H44N2O6/c1-42-18-16-38(48)44(3,40(50)51)36(42)14-12-24-20-34-28(22-30(24)42)26-8-4-6-10-32(26)46(34)47-33-11-7-5-9-27(33)29-23-31-25(21-35(29)47)13-15-37-43(31,2)19-17-39(49)45(37)41(52)53-45/h4-11,20-23,36-39,48-49H,12-19H2,1-3H3,(H,50,51)/t36-,37-,38+,39+,42-,43-,44+,45-/m1/s1. The van der Waals surface area contributed by atoms with Crippen LogP contribution in [0.15, 0.2) is 72.8 Å². The Morgan fingerprint density at radius 2 is 1.13 bits per heavy atom. The van der Waals surface area contributed by atoms with Crippen molar-refractivity contribution in [3.8, 4) is 0 Å². The molecular formula is C45H44N2O6. The number of carbonyl (C=O) groups is 2. The number of aliphatic hydroxyl groups is 2. The van der Waals surface area contributed by atoms with Crippen LogP contribution in [0.25, 0.3) is 43.6 Å². The van der Waals surface area contributed by atoms with Gasteiger partial charge in [-0.3, -0.25) is 4.79 Å². The molecule has 2 aromatic heterocycles. The number of hydrogen-bond acceptors (Lipinski definition) is 5. The van der Waals surface area contributed by atoms with Crippen LogP contribution in [0.5, 0.6) is 0 Å². The first-order valence-corrected chi connectivity index (χ1v) is 19.4. The number of carbonyl (C=O) groups excluding carboxylic acids is 1. The summed E-state index contributed by atoms with van der Waals surface area (Å²) < 4.78 is 10.4. The zero-order valence-electron chi connectivity index (χ0n) is 30.4. The molecule has 1 saturated heterocycles. The number of hydrogen-bond donors (Lipinski definition) is 3. The van der Waals surface area contributed by atoms with Gasteiger partial charge in [0.15, 0.2) is 0 Å². The maximum absolute atomic E-state index is 12.8. The van der Waals surface area contributed by atoms with Gasteiger partial charge >= 0.3 is 11.9 Å². The van der Waals surface area contributed by atoms with Crippen LogP contribution < -0.4 is 0 Å². The summed E-state index contributed by atoms with van der Waals surface area (Å²) in [6, 6.07) is 26.7. The Hall–Kier alpha value is -4.66. The summed E-state index contributed by atoms with van der Waals surface area (Å²) in [5.74, 6) is -1.39. The SMILES string of the molecule is C[C@@]1(C(=O)O)[C@@H](O)CC[C@]2(C)c3cc4c5ccccc5n(-n5c6ccccc6c6cc7c(cc65)CC[C@H]5[C@@]6(OC6=O)[C@@H](O)CC[C@]75C)c4cc3CC[C@@H]12. The van der Waals surface area contributed by atoms with Gasteiger partial charge in [0.2, 0.25) is 5.60 Å². The number of ether oxygens (including phenoxy) is 1. The van der Waals surface area contributed by atoms with Gasteiger partial charge in [0, 0.05) is 32.9 Å². The minimum Gasteiger partial charge on any atom is -0.481 e. The lowest BCUT2D eigenvalue weighted by atomic mass is 9.49. The molecule has 0 radical (unpaired) electrons. The highest BCUT2D eigenvalue weighted by Gasteiger charge is 2.74. The highest BCUT2D eigenvalue weighted by Crippen LogP contribution is 2.61. The molecule has 0 unspecified atom stereocenters. The molecule has 0 bridgehead atoms. The van der Waals surface area contributed by atoms with E-state index >= 15 is 0 Å². The minimum absolute atomic E-state index is 0.0599. The van der Waals surface area contributed by atoms with Gasteiger partial charge < -0.3 is 20.1 Å². The first kappa shape index (κ1) is 31.8. The van der Waals surface area contributed by atoms with Crippen LogP contribution in [0, 0.1) is 17.3 Å². The third-order valence-corrected chi connectivity index (χ3v) is 15.4. The van der Waals surface area contributed by atoms with E-state index in [1.54, 1.807) is 6.92 Å². The van der Waals surface area contributed by atoms with Crippen molar-refractivity contribution in [2.24, 2.45) is 17.3 Å². The number of aromatic nitrogens is 2. The molecule has 11 rings (SSSR count). The summed E-state index contributed by atoms with van der Waals surface area (Å²) in [5.41, 5.74) is 6.55. The Morgan fingerprint density at radius 3 is 1.64 bits per heavy atom. The lowest BCUT2D eigenvalue weighted by Gasteiger charge is -2.55. The van der Waals surface area contributed by atoms with Crippen LogP contribution in [0.4, 0.5) is 0 Å². The molecule has 6 aromatic rings. The van der Waals surface area contributed by atoms with Gasteiger partial charge in [-0.2, -0.15) is 0 Å². The van der Waals surface area contributed by atoms with Gasteiger partial charge in [-0.05, 0) is 128 Å². The van der Waals surface area contributed by atoms with Gasteiger partial charge in [0.1, 0.15) is 6.10 Å². The van der Waals surface area contributed by atoms with Crippen molar-refractivity contribution in [1.29, 1.82) is 0 Å². The average Bonchev–Trinajstić information content (AvgIpc) is 3.58. The van der Waals surface area contributed by atoms with E-state index in [9.17, 15) is 24.9 Å². The van der Waals surface area contributed by atoms with Crippen molar-refractivity contribution in [3.63, 3.8) is 0 Å². The molecule has 8 atom stereocenters. The van der Waals surface area contributed by atoms with E-state index in [0.717, 1.165) is 75.7 Å². The van der Waals surface area contributed by atoms with Crippen LogP contribution in [-0.2, 0) is 38.0 Å². The van der Waals surface area contributed by atoms with Gasteiger partial charge in [-0.1, -0.05) is 50.2 Å². The molecular weight excluding hydrogens is 665 g/mol. The molecule has 53 heavy (non-hydrogen) atoms. The van der Waals surface area contributed by atoms with Gasteiger partial charge in [-0.25, -0.2) is 14.1 Å². The molecule has 8 heteroatoms. The molecule has 8 nitrogen and oxygen atoms in total. The van der Waals surface area contributed by atoms with E-state index in [2.05, 4.69) is 96.0 Å². The Kier molecular flexibility index (Phi) is 6.06. The van der Waals surface area contributed by atoms with Gasteiger partial charge in [-0.15, -0.1) is 0 Å². The number of epoxide rings is 1. The second-order valence-electron chi connectivity index (χ2n) is 17.6. The maximum atomic E-state index is 12.8. The van der Waals surface area contributed by atoms with Crippen LogP contribution >= 0.6 is 0 Å². The molecule has 1 aliphatic heterocycles. The van der Waals surface area contributed by atoms with E-state index in [1.165, 1.54) is 22.3 Å². The Balaban J connectivity index is 1.15. The number of para-hydroxylation sites is 2. The fraction of sp³-hybridized carbons (Fsp3) is 0.422. The normalized spacial score (nSPS) is 34.5. The van der Waals surface area contributed by atoms with Crippen molar-refractivity contribution in [2.75, 3.05) is 0 Å². The zero-order chi connectivity index (χ0) is 36.4. The van der Waals surface area contributed by atoms with Crippen molar-refractivity contribution < 1.29 is 29.6 Å². The first-order chi connectivity index (χ1) is 25.4. The number of rotatable bonds is 2. The highest BCUT2D eigenvalue weighted by molar-refractivity contribution is 6.12. The predicted molar refractivity (Wildman–Crippen MR) is 203 cm³/mol. The second kappa shape index (κ2) is 10.1. The second-order valence-corrected chi connectivity index (χ2v) is 17.6. The number of carboxylic acid groups (broad SMARTS) is 1. The minimum atomic E-state index is -1.20. The van der Waals surface area contributed by atoms with Crippen LogP contribution in [0.1, 0.15) is 81.5 Å². The summed E-state index contributed by atoms with van der Waals surface area (Å²) >= 11 is 0. The average molecular weight is 709 g/mol. The number of benzene rings is 4. The monoisotopic (exact) mass is 708 g/mol. The predicted octanol–water partition coefficient (Wildman–Crippen LogP) is 7.55. The van der Waals surface area contributed by atoms with Crippen molar-refractivity contribution in [3.05, 3.63) is 95.1 Å². The summed E-state index contributed by atoms with van der Waals surface area (Å²) in [6.45, 7) is 6.26. The number of aryl methyl sites for hydroxylation is 2. The molecule has 3 fully saturated rings. The lowest BCUT2D eigenvalue weighted by Crippen LogP contribution is -2.58. The number of aliphatic carboxylic acids is 1. The Labute approximate surface area is 306 Å². The van der Waals surface area contributed by atoms with E-state index < -0.39 is 29.2 Å². The quantitative estimate of drug-likeness (QED) is 0.160. The molecule has 2 saturated carbocycles. The highest BCUT2D eigenvalue weighted by atomic mass is 16.7. The molecule has 5 aliphatic rings. The van der Waals surface area contributed by atoms with E-state index in [0.29, 0.717) is 19.3 Å². The summed E-state index contributed by atoms with van der Waals surface area (Å²) in [4.78, 5) is 25.5. The van der Waals surface area contributed by atoms with E-state index in [4.69, 9.17) is 4.74 Å². The number of fused-ring (bicyclic) bond motifs is 13. The summed E-state index contributed by atoms with van der Waals surface area (Å²) in [6.07, 6.45) is 4.01. The lowest BCUT2D eigenvalue weighted by molar-refractivity contribution is -0.171. The van der Waals surface area contributed by atoms with Crippen molar-refractivity contribution >= 4 is 55.6 Å². The molecule has 270 valence electrons. The summed E-state index contributed by atoms with van der Waals surface area (Å²) in [5, 5.41) is 37.1. The molecule has 1 spiro atoms. The van der Waals surface area contributed by atoms with E-state index in [1.807, 2.05) is 0 Å². The number of aliphatic hydroxyl groups excluding tert-OH is 2. The van der Waals surface area contributed by atoms with E-state index in [-0.39, 0.29) is 28.6 Å². The zero-order valence-corrected chi connectivity index (χ0v) is 30.4. The molecule has 0 amide bonds. The molecule has 4 aromatic carbocycles. The Bertz CT molecular complexity index is 2640.